The van der Waals surface area contributed by atoms with Crippen LogP contribution < -0.4 is 0 Å². The number of aliphatic hydroxyl groups excluding tert-OH is 4. The average Bonchev–Trinajstić information content (AvgIpc) is 2.52. The van der Waals surface area contributed by atoms with E-state index in [4.69, 9.17) is 0 Å². The van der Waals surface area contributed by atoms with E-state index in [1.54, 1.807) is 0 Å². The van der Waals surface area contributed by atoms with Gasteiger partial charge in [0.15, 0.2) is 0 Å². The van der Waals surface area contributed by atoms with Crippen molar-refractivity contribution in [1.82, 2.24) is 0 Å². The lowest BCUT2D eigenvalue weighted by atomic mass is 9.44. The maximum Gasteiger partial charge on any atom is 0.0858 e. The van der Waals surface area contributed by atoms with Gasteiger partial charge in [-0.05, 0) is 61.2 Å². The third kappa shape index (κ3) is 2.66. The molecule has 0 bridgehead atoms. The van der Waals surface area contributed by atoms with E-state index in [0.29, 0.717) is 18.3 Å². The lowest BCUT2D eigenvalue weighted by Crippen LogP contribution is -2.56. The van der Waals surface area contributed by atoms with Gasteiger partial charge in [0.2, 0.25) is 0 Å². The van der Waals surface area contributed by atoms with Crippen LogP contribution in [0.25, 0.3) is 0 Å². The molecule has 0 aromatic rings. The second kappa shape index (κ2) is 6.08. The quantitative estimate of drug-likeness (QED) is 0.595. The van der Waals surface area contributed by atoms with E-state index in [1.165, 1.54) is 5.57 Å². The van der Waals surface area contributed by atoms with E-state index in [-0.39, 0.29) is 35.6 Å². The monoisotopic (exact) mass is 338 g/mol. The Bertz CT molecular complexity index is 518. The largest absolute Gasteiger partial charge is 0.396 e. The fourth-order valence-electron chi connectivity index (χ4n) is 6.46. The fraction of sp³-hybridized carbons (Fsp3) is 0.900. The number of fused-ring (bicyclic) bond motifs is 3. The zero-order chi connectivity index (χ0) is 17.8. The van der Waals surface area contributed by atoms with Gasteiger partial charge in [0.25, 0.3) is 0 Å². The van der Waals surface area contributed by atoms with Crippen molar-refractivity contribution in [2.75, 3.05) is 13.2 Å². The van der Waals surface area contributed by atoms with Crippen molar-refractivity contribution in [3.63, 3.8) is 0 Å². The molecule has 0 amide bonds. The minimum absolute atomic E-state index is 0.00469. The molecule has 4 N–H and O–H groups in total. The lowest BCUT2D eigenvalue weighted by Gasteiger charge is -2.61. The van der Waals surface area contributed by atoms with Gasteiger partial charge < -0.3 is 20.4 Å². The molecule has 4 nitrogen and oxygen atoms in total. The Hall–Kier alpha value is -0.420. The van der Waals surface area contributed by atoms with Crippen LogP contribution in [-0.4, -0.2) is 45.8 Å². The van der Waals surface area contributed by atoms with Gasteiger partial charge in [0, 0.05) is 12.0 Å². The molecule has 7 atom stereocenters. The van der Waals surface area contributed by atoms with Crippen LogP contribution >= 0.6 is 0 Å². The van der Waals surface area contributed by atoms with Gasteiger partial charge >= 0.3 is 0 Å². The van der Waals surface area contributed by atoms with E-state index >= 15 is 0 Å². The van der Waals surface area contributed by atoms with Crippen molar-refractivity contribution in [2.24, 2.45) is 28.1 Å². The highest BCUT2D eigenvalue weighted by atomic mass is 16.3. The van der Waals surface area contributed by atoms with Crippen molar-refractivity contribution in [3.8, 4) is 0 Å². The summed E-state index contributed by atoms with van der Waals surface area (Å²) < 4.78 is 0. The van der Waals surface area contributed by atoms with Gasteiger partial charge in [-0.1, -0.05) is 32.4 Å². The number of rotatable bonds is 3. The standard InChI is InChI=1S/C20H34O4/c1-18(17(24)11-21)7-6-15-13(8-18)4-5-16-19(2,12-22)9-14(23)10-20(15,16)3/h8,14-17,21-24H,4-7,9-12H2,1-3H3/t14-,15-,16-,17+,18+,19-,20-/m0/s1. The van der Waals surface area contributed by atoms with Crippen molar-refractivity contribution in [1.29, 1.82) is 0 Å². The van der Waals surface area contributed by atoms with Gasteiger partial charge in [-0.25, -0.2) is 0 Å². The molecular weight excluding hydrogens is 304 g/mol. The van der Waals surface area contributed by atoms with E-state index in [0.717, 1.165) is 32.1 Å². The number of aliphatic hydroxyl groups is 4. The molecule has 138 valence electrons. The summed E-state index contributed by atoms with van der Waals surface area (Å²) in [4.78, 5) is 0. The molecule has 4 heteroatoms. The molecule has 3 rings (SSSR count). The number of hydrogen-bond donors (Lipinski definition) is 4. The summed E-state index contributed by atoms with van der Waals surface area (Å²) in [7, 11) is 0. The molecule has 0 aromatic heterocycles. The first kappa shape index (κ1) is 18.4. The summed E-state index contributed by atoms with van der Waals surface area (Å²) in [5.74, 6) is 0.837. The van der Waals surface area contributed by atoms with Gasteiger partial charge in [0.1, 0.15) is 0 Å². The molecule has 24 heavy (non-hydrogen) atoms. The molecule has 0 saturated heterocycles. The molecule has 0 heterocycles. The van der Waals surface area contributed by atoms with Crippen LogP contribution in [0.4, 0.5) is 0 Å². The summed E-state index contributed by atoms with van der Waals surface area (Å²) in [6, 6.07) is 0. The second-order valence-corrected chi connectivity index (χ2v) is 9.49. The SMILES string of the molecule is C[C@@]1(CO)C[C@H](O)C[C@@]2(C)[C@H]3CC[C@@](C)([C@H](O)CO)C=C3CC[C@@H]12. The maximum atomic E-state index is 10.5. The summed E-state index contributed by atoms with van der Waals surface area (Å²) in [6.45, 7) is 6.41. The molecule has 3 aliphatic rings. The van der Waals surface area contributed by atoms with Crippen LogP contribution in [0.3, 0.4) is 0 Å². The highest BCUT2D eigenvalue weighted by Crippen LogP contribution is 2.63. The minimum Gasteiger partial charge on any atom is -0.396 e. The van der Waals surface area contributed by atoms with Crippen LogP contribution in [0.1, 0.15) is 59.3 Å². The predicted molar refractivity (Wildman–Crippen MR) is 93.3 cm³/mol. The van der Waals surface area contributed by atoms with Crippen LogP contribution in [-0.2, 0) is 0 Å². The molecule has 0 unspecified atom stereocenters. The van der Waals surface area contributed by atoms with Gasteiger partial charge in [-0.3, -0.25) is 0 Å². The zero-order valence-electron chi connectivity index (χ0n) is 15.3. The van der Waals surface area contributed by atoms with Crippen molar-refractivity contribution >= 4 is 0 Å². The van der Waals surface area contributed by atoms with Crippen LogP contribution in [0.15, 0.2) is 11.6 Å². The smallest absolute Gasteiger partial charge is 0.0858 e. The van der Waals surface area contributed by atoms with E-state index in [9.17, 15) is 20.4 Å². The molecule has 0 aromatic carbocycles. The Kier molecular flexibility index (Phi) is 4.66. The summed E-state index contributed by atoms with van der Waals surface area (Å²) in [6.07, 6.45) is 6.54. The highest BCUT2D eigenvalue weighted by molar-refractivity contribution is 5.25. The third-order valence-electron chi connectivity index (χ3n) is 7.76. The first-order chi connectivity index (χ1) is 11.2. The molecule has 0 aliphatic heterocycles. The van der Waals surface area contributed by atoms with Crippen LogP contribution in [0.5, 0.6) is 0 Å². The molecule has 2 fully saturated rings. The Morgan fingerprint density at radius 2 is 1.88 bits per heavy atom. The topological polar surface area (TPSA) is 80.9 Å². The Balaban J connectivity index is 1.95. The third-order valence-corrected chi connectivity index (χ3v) is 7.76. The van der Waals surface area contributed by atoms with Crippen LogP contribution in [0, 0.1) is 28.1 Å². The number of allylic oxidation sites excluding steroid dienone is 1. The van der Waals surface area contributed by atoms with E-state index < -0.39 is 6.10 Å². The van der Waals surface area contributed by atoms with Crippen molar-refractivity contribution in [2.45, 2.75) is 71.5 Å². The first-order valence-corrected chi connectivity index (χ1v) is 9.48. The summed E-state index contributed by atoms with van der Waals surface area (Å²) in [5.41, 5.74) is 0.843. The first-order valence-electron chi connectivity index (χ1n) is 9.48. The Labute approximate surface area is 145 Å². The highest BCUT2D eigenvalue weighted by Gasteiger charge is 2.57. The Morgan fingerprint density at radius 1 is 1.17 bits per heavy atom. The molecular formula is C20H34O4. The zero-order valence-corrected chi connectivity index (χ0v) is 15.3. The lowest BCUT2D eigenvalue weighted by molar-refractivity contribution is -0.134. The van der Waals surface area contributed by atoms with Gasteiger partial charge in [0.05, 0.1) is 18.8 Å². The normalized spacial score (nSPS) is 49.8. The molecule has 0 radical (unpaired) electrons. The number of hydrogen-bond acceptors (Lipinski definition) is 4. The summed E-state index contributed by atoms with van der Waals surface area (Å²) in [5, 5.41) is 40.1. The van der Waals surface area contributed by atoms with Crippen molar-refractivity contribution < 1.29 is 20.4 Å². The maximum absolute atomic E-state index is 10.5. The molecule has 2 saturated carbocycles. The minimum atomic E-state index is -0.712. The fourth-order valence-corrected chi connectivity index (χ4v) is 6.46. The van der Waals surface area contributed by atoms with Crippen LogP contribution in [0.2, 0.25) is 0 Å². The van der Waals surface area contributed by atoms with Gasteiger partial charge in [-0.2, -0.15) is 0 Å². The predicted octanol–water partition coefficient (Wildman–Crippen LogP) is 2.25. The molecule has 3 aliphatic carbocycles. The van der Waals surface area contributed by atoms with Crippen molar-refractivity contribution in [3.05, 3.63) is 11.6 Å². The molecule has 0 spiro atoms. The average molecular weight is 338 g/mol. The van der Waals surface area contributed by atoms with E-state index in [2.05, 4.69) is 19.9 Å². The van der Waals surface area contributed by atoms with E-state index in [1.807, 2.05) is 6.92 Å². The second-order valence-electron chi connectivity index (χ2n) is 9.49. The Morgan fingerprint density at radius 3 is 2.50 bits per heavy atom. The summed E-state index contributed by atoms with van der Waals surface area (Å²) >= 11 is 0. The van der Waals surface area contributed by atoms with Gasteiger partial charge in [-0.15, -0.1) is 0 Å².